The zero-order chi connectivity index (χ0) is 6.53. The molecular weight excluding hydrogens is 283 g/mol. The monoisotopic (exact) mass is 294 g/mol. The normalized spacial score (nSPS) is 8.50. The number of nitrogens with one attached hydrogen (secondary N) is 1. The van der Waals surface area contributed by atoms with E-state index in [-0.39, 0.29) is 46.9 Å². The SMILES string of the molecule is [NH-]CCc1ccccc1.[Yb]. The number of benzene rings is 1. The maximum absolute atomic E-state index is 6.94. The summed E-state index contributed by atoms with van der Waals surface area (Å²) < 4.78 is 0. The van der Waals surface area contributed by atoms with Crippen LogP contribution >= 0.6 is 0 Å². The third-order valence-electron chi connectivity index (χ3n) is 1.26. The Morgan fingerprint density at radius 1 is 1.10 bits per heavy atom. The van der Waals surface area contributed by atoms with Crippen LogP contribution in [-0.4, -0.2) is 6.54 Å². The summed E-state index contributed by atoms with van der Waals surface area (Å²) >= 11 is 0. The molecule has 0 aromatic heterocycles. The molecule has 0 atom stereocenters. The van der Waals surface area contributed by atoms with E-state index in [9.17, 15) is 0 Å². The third kappa shape index (κ3) is 3.77. The molecule has 1 aromatic carbocycles. The third-order valence-corrected chi connectivity index (χ3v) is 1.26. The van der Waals surface area contributed by atoms with Gasteiger partial charge in [-0.3, -0.25) is 0 Å². The van der Waals surface area contributed by atoms with Crippen LogP contribution in [0.4, 0.5) is 0 Å². The quantitative estimate of drug-likeness (QED) is 0.799. The fraction of sp³-hybridized carbons (Fsp3) is 0.250. The Bertz CT molecular complexity index is 162. The van der Waals surface area contributed by atoms with Crippen molar-refractivity contribution in [1.29, 1.82) is 0 Å². The maximum Gasteiger partial charge on any atom is 0 e. The van der Waals surface area contributed by atoms with Gasteiger partial charge in [-0.25, -0.2) is 0 Å². The Morgan fingerprint density at radius 3 is 2.20 bits per heavy atom. The fourth-order valence-electron chi connectivity index (χ4n) is 0.789. The Balaban J connectivity index is 0.000000810. The second kappa shape index (κ2) is 6.41. The van der Waals surface area contributed by atoms with Gasteiger partial charge in [0.1, 0.15) is 0 Å². The van der Waals surface area contributed by atoms with Crippen LogP contribution in [0.2, 0.25) is 0 Å². The van der Waals surface area contributed by atoms with Gasteiger partial charge in [0, 0.05) is 46.9 Å². The van der Waals surface area contributed by atoms with Gasteiger partial charge in [-0.2, -0.15) is 0 Å². The van der Waals surface area contributed by atoms with Crippen molar-refractivity contribution < 1.29 is 46.9 Å². The van der Waals surface area contributed by atoms with Crippen molar-refractivity contribution in [2.24, 2.45) is 0 Å². The molecule has 0 aliphatic heterocycles. The molecule has 0 heterocycles. The second-order valence-electron chi connectivity index (χ2n) is 1.99. The maximum atomic E-state index is 6.94. The van der Waals surface area contributed by atoms with Crippen molar-refractivity contribution in [3.05, 3.63) is 41.6 Å². The van der Waals surface area contributed by atoms with Crippen molar-refractivity contribution in [3.63, 3.8) is 0 Å². The van der Waals surface area contributed by atoms with Gasteiger partial charge in [-0.15, -0.1) is 6.54 Å². The van der Waals surface area contributed by atoms with Gasteiger partial charge in [0.05, 0.1) is 0 Å². The van der Waals surface area contributed by atoms with Gasteiger partial charge < -0.3 is 5.73 Å². The minimum Gasteiger partial charge on any atom is -0.677 e. The van der Waals surface area contributed by atoms with Gasteiger partial charge >= 0.3 is 0 Å². The first-order valence-electron chi connectivity index (χ1n) is 3.12. The van der Waals surface area contributed by atoms with E-state index in [2.05, 4.69) is 12.1 Å². The van der Waals surface area contributed by atoms with Crippen LogP contribution in [0.15, 0.2) is 30.3 Å². The standard InChI is InChI=1S/C8H10N.Yb/c9-7-6-8-4-2-1-3-5-8;/h1-5,9H,6-7H2;/q-1;. The van der Waals surface area contributed by atoms with Crippen LogP contribution in [0, 0.1) is 46.9 Å². The van der Waals surface area contributed by atoms with Crippen LogP contribution < -0.4 is 0 Å². The molecule has 0 saturated carbocycles. The molecule has 0 saturated heterocycles. The molecule has 1 N–H and O–H groups in total. The molecule has 1 aromatic rings. The van der Waals surface area contributed by atoms with Crippen LogP contribution in [0.25, 0.3) is 5.73 Å². The Hall–Kier alpha value is 0.699. The summed E-state index contributed by atoms with van der Waals surface area (Å²) in [5, 5.41) is 0. The van der Waals surface area contributed by atoms with Gasteiger partial charge in [0.25, 0.3) is 0 Å². The largest absolute Gasteiger partial charge is 0.677 e. The van der Waals surface area contributed by atoms with E-state index in [4.69, 9.17) is 5.73 Å². The molecule has 0 radical (unpaired) electrons. The molecule has 2 heteroatoms. The number of rotatable bonds is 2. The molecule has 0 bridgehead atoms. The summed E-state index contributed by atoms with van der Waals surface area (Å²) in [4.78, 5) is 0. The van der Waals surface area contributed by atoms with E-state index in [1.54, 1.807) is 0 Å². The molecule has 1 nitrogen and oxygen atoms in total. The van der Waals surface area contributed by atoms with E-state index in [1.165, 1.54) is 5.56 Å². The predicted octanol–water partition coefficient (Wildman–Crippen LogP) is 2.28. The van der Waals surface area contributed by atoms with Gasteiger partial charge in [-0.05, 0) is 12.0 Å². The molecule has 10 heavy (non-hydrogen) atoms. The first kappa shape index (κ1) is 10.7. The van der Waals surface area contributed by atoms with Crippen LogP contribution in [0.5, 0.6) is 0 Å². The Morgan fingerprint density at radius 2 is 1.70 bits per heavy atom. The fourth-order valence-corrected chi connectivity index (χ4v) is 0.789. The summed E-state index contributed by atoms with van der Waals surface area (Å²) in [5.74, 6) is 0. The average Bonchev–Trinajstić information content (AvgIpc) is 1.91. The molecule has 0 fully saturated rings. The molecule has 62 valence electrons. The van der Waals surface area contributed by atoms with E-state index in [0.29, 0.717) is 6.54 Å². The Labute approximate surface area is 100 Å². The summed E-state index contributed by atoms with van der Waals surface area (Å²) in [6.07, 6.45) is 0.876. The molecule has 0 unspecified atom stereocenters. The number of hydrogen-bond donors (Lipinski definition) is 0. The van der Waals surface area contributed by atoms with E-state index >= 15 is 0 Å². The van der Waals surface area contributed by atoms with E-state index in [1.807, 2.05) is 18.2 Å². The first-order chi connectivity index (χ1) is 4.43. The molecule has 0 spiro atoms. The van der Waals surface area contributed by atoms with Crippen molar-refractivity contribution in [2.45, 2.75) is 6.42 Å². The summed E-state index contributed by atoms with van der Waals surface area (Å²) in [6.45, 7) is 0.490. The van der Waals surface area contributed by atoms with Crippen molar-refractivity contribution in [2.75, 3.05) is 6.54 Å². The first-order valence-corrected chi connectivity index (χ1v) is 3.12. The Kier molecular flexibility index (Phi) is 6.86. The smallest absolute Gasteiger partial charge is 0 e. The average molecular weight is 293 g/mol. The summed E-state index contributed by atoms with van der Waals surface area (Å²) in [6, 6.07) is 10.1. The van der Waals surface area contributed by atoms with E-state index in [0.717, 1.165) is 6.42 Å². The van der Waals surface area contributed by atoms with Gasteiger partial charge in [-0.1, -0.05) is 30.3 Å². The van der Waals surface area contributed by atoms with Crippen LogP contribution in [-0.2, 0) is 6.42 Å². The van der Waals surface area contributed by atoms with Gasteiger partial charge in [0.15, 0.2) is 0 Å². The minimum absolute atomic E-state index is 0. The molecule has 0 amide bonds. The second-order valence-corrected chi connectivity index (χ2v) is 1.99. The number of hydrogen-bond acceptors (Lipinski definition) is 0. The summed E-state index contributed by atoms with van der Waals surface area (Å²) in [7, 11) is 0. The zero-order valence-electron chi connectivity index (χ0n) is 5.57. The van der Waals surface area contributed by atoms with Crippen molar-refractivity contribution >= 4 is 0 Å². The minimum atomic E-state index is 0. The van der Waals surface area contributed by atoms with Crippen LogP contribution in [0.1, 0.15) is 5.56 Å². The molecular formula is C8H10NYb-. The van der Waals surface area contributed by atoms with Gasteiger partial charge in [0.2, 0.25) is 0 Å². The zero-order valence-corrected chi connectivity index (χ0v) is 7.28. The van der Waals surface area contributed by atoms with Crippen molar-refractivity contribution in [1.82, 2.24) is 0 Å². The molecule has 0 aliphatic carbocycles. The van der Waals surface area contributed by atoms with Crippen molar-refractivity contribution in [3.8, 4) is 0 Å². The predicted molar refractivity (Wildman–Crippen MR) is 39.3 cm³/mol. The van der Waals surface area contributed by atoms with E-state index < -0.39 is 0 Å². The molecule has 0 aliphatic rings. The molecule has 1 rings (SSSR count). The van der Waals surface area contributed by atoms with Crippen LogP contribution in [0.3, 0.4) is 0 Å². The topological polar surface area (TPSA) is 23.8 Å². The summed E-state index contributed by atoms with van der Waals surface area (Å²) in [5.41, 5.74) is 8.20.